The number of piperidine rings is 1. The smallest absolute Gasteiger partial charge is 0.229 e. The third kappa shape index (κ3) is 4.21. The van der Waals surface area contributed by atoms with E-state index < -0.39 is 0 Å². The Hall–Kier alpha value is -2.77. The molecule has 0 unspecified atom stereocenters. The third-order valence-electron chi connectivity index (χ3n) is 5.46. The van der Waals surface area contributed by atoms with Crippen molar-refractivity contribution in [2.45, 2.75) is 39.0 Å². The Bertz CT molecular complexity index is 818. The zero-order valence-corrected chi connectivity index (χ0v) is 16.2. The maximum Gasteiger partial charge on any atom is 0.229 e. The van der Waals surface area contributed by atoms with Gasteiger partial charge in [-0.3, -0.25) is 4.79 Å². The van der Waals surface area contributed by atoms with Crippen molar-refractivity contribution in [2.75, 3.05) is 36.5 Å². The van der Waals surface area contributed by atoms with Crippen molar-refractivity contribution in [1.29, 1.82) is 0 Å². The van der Waals surface area contributed by atoms with Gasteiger partial charge in [0.2, 0.25) is 23.6 Å². The number of ether oxygens (including phenoxy) is 1. The van der Waals surface area contributed by atoms with Crippen LogP contribution in [0.1, 0.15) is 48.5 Å². The summed E-state index contributed by atoms with van der Waals surface area (Å²) < 4.78 is 5.26. The summed E-state index contributed by atoms with van der Waals surface area (Å²) in [6, 6.07) is 0. The number of rotatable bonds is 7. The number of nitrogens with one attached hydrogen (secondary N) is 1. The number of carbonyl (C=O) groups excluding carboxylic acids is 1. The molecule has 0 aliphatic carbocycles. The lowest BCUT2D eigenvalue weighted by Crippen LogP contribution is -2.35. The van der Waals surface area contributed by atoms with Crippen molar-refractivity contribution < 1.29 is 9.53 Å². The normalized spacial score (nSPS) is 16.8. The molecule has 2 aromatic heterocycles. The SMILES string of the molecule is CCc1cnc(N2CCC(CCCNc3ncc4c(n3)OCC4=O)CC2)nc1. The van der Waals surface area contributed by atoms with Crippen molar-refractivity contribution >= 4 is 17.7 Å². The molecule has 0 aromatic carbocycles. The second-order valence-corrected chi connectivity index (χ2v) is 7.37. The summed E-state index contributed by atoms with van der Waals surface area (Å²) in [4.78, 5) is 31.3. The number of nitrogens with zero attached hydrogens (tertiary/aromatic N) is 5. The van der Waals surface area contributed by atoms with Crippen molar-refractivity contribution in [1.82, 2.24) is 19.9 Å². The number of ketones is 1. The van der Waals surface area contributed by atoms with Crippen LogP contribution in [0.25, 0.3) is 0 Å². The molecule has 1 saturated heterocycles. The summed E-state index contributed by atoms with van der Waals surface area (Å²) in [6.45, 7) is 5.03. The Morgan fingerprint density at radius 2 is 1.96 bits per heavy atom. The second-order valence-electron chi connectivity index (χ2n) is 7.37. The van der Waals surface area contributed by atoms with Gasteiger partial charge in [-0.05, 0) is 43.6 Å². The summed E-state index contributed by atoms with van der Waals surface area (Å²) in [7, 11) is 0. The second kappa shape index (κ2) is 8.50. The molecular weight excluding hydrogens is 356 g/mol. The summed E-state index contributed by atoms with van der Waals surface area (Å²) in [5.41, 5.74) is 1.65. The number of fused-ring (bicyclic) bond motifs is 1. The maximum atomic E-state index is 11.5. The topological polar surface area (TPSA) is 93.1 Å². The van der Waals surface area contributed by atoms with E-state index in [1.165, 1.54) is 24.8 Å². The molecular formula is C20H26N6O2. The van der Waals surface area contributed by atoms with E-state index in [4.69, 9.17) is 4.74 Å². The number of Topliss-reactive ketones (excluding diaryl/α,β-unsaturated/α-hetero) is 1. The highest BCUT2D eigenvalue weighted by atomic mass is 16.5. The maximum absolute atomic E-state index is 11.5. The van der Waals surface area contributed by atoms with Crippen molar-refractivity contribution in [2.24, 2.45) is 5.92 Å². The molecule has 0 saturated carbocycles. The first-order valence-electron chi connectivity index (χ1n) is 10.1. The number of carbonyl (C=O) groups is 1. The molecule has 0 amide bonds. The van der Waals surface area contributed by atoms with E-state index in [9.17, 15) is 4.79 Å². The van der Waals surface area contributed by atoms with Gasteiger partial charge in [-0.2, -0.15) is 4.98 Å². The minimum absolute atomic E-state index is 0.0559. The minimum atomic E-state index is -0.0559. The highest BCUT2D eigenvalue weighted by Crippen LogP contribution is 2.25. The van der Waals surface area contributed by atoms with Crippen molar-refractivity contribution in [3.8, 4) is 5.88 Å². The predicted octanol–water partition coefficient (Wildman–Crippen LogP) is 2.51. The molecule has 2 aromatic rings. The molecule has 8 heteroatoms. The van der Waals surface area contributed by atoms with Gasteiger partial charge >= 0.3 is 0 Å². The van der Waals surface area contributed by atoms with Crippen LogP contribution in [-0.2, 0) is 6.42 Å². The molecule has 0 radical (unpaired) electrons. The summed E-state index contributed by atoms with van der Waals surface area (Å²) >= 11 is 0. The average Bonchev–Trinajstić information content (AvgIpc) is 3.12. The minimum Gasteiger partial charge on any atom is -0.469 e. The highest BCUT2D eigenvalue weighted by molar-refractivity contribution is 6.01. The molecule has 2 aliphatic rings. The van der Waals surface area contributed by atoms with Crippen LogP contribution in [0.2, 0.25) is 0 Å². The fourth-order valence-corrected chi connectivity index (χ4v) is 3.67. The lowest BCUT2D eigenvalue weighted by atomic mass is 9.92. The van der Waals surface area contributed by atoms with Crippen LogP contribution in [0, 0.1) is 5.92 Å². The standard InChI is InChI=1S/C20H26N6O2/c1-2-14-10-23-20(24-11-14)26-8-5-15(6-9-26)4-3-7-21-19-22-12-16-17(27)13-28-18(16)25-19/h10-12,15H,2-9,13H2,1H3,(H,21,22,25). The fraction of sp³-hybridized carbons (Fsp3) is 0.550. The fourth-order valence-electron chi connectivity index (χ4n) is 3.67. The Morgan fingerprint density at radius 3 is 2.71 bits per heavy atom. The van der Waals surface area contributed by atoms with E-state index in [1.807, 2.05) is 12.4 Å². The first-order valence-corrected chi connectivity index (χ1v) is 10.1. The van der Waals surface area contributed by atoms with Gasteiger partial charge in [-0.25, -0.2) is 15.0 Å². The monoisotopic (exact) mass is 382 g/mol. The molecule has 8 nitrogen and oxygen atoms in total. The number of anilines is 2. The van der Waals surface area contributed by atoms with E-state index >= 15 is 0 Å². The molecule has 0 atom stereocenters. The van der Waals surface area contributed by atoms with Gasteiger partial charge in [0, 0.05) is 38.2 Å². The van der Waals surface area contributed by atoms with Crippen LogP contribution in [-0.4, -0.2) is 52.0 Å². The quantitative estimate of drug-likeness (QED) is 0.730. The van der Waals surface area contributed by atoms with Crippen LogP contribution in [0.5, 0.6) is 5.88 Å². The number of aromatic nitrogens is 4. The van der Waals surface area contributed by atoms with E-state index in [0.717, 1.165) is 44.3 Å². The van der Waals surface area contributed by atoms with Crippen molar-refractivity contribution in [3.63, 3.8) is 0 Å². The van der Waals surface area contributed by atoms with Gasteiger partial charge in [0.15, 0.2) is 6.61 Å². The Balaban J connectivity index is 1.17. The molecule has 0 spiro atoms. The average molecular weight is 382 g/mol. The van der Waals surface area contributed by atoms with Crippen molar-refractivity contribution in [3.05, 3.63) is 29.7 Å². The van der Waals surface area contributed by atoms with Crippen LogP contribution in [0.3, 0.4) is 0 Å². The van der Waals surface area contributed by atoms with Crippen LogP contribution < -0.4 is 15.0 Å². The van der Waals surface area contributed by atoms with E-state index in [-0.39, 0.29) is 12.4 Å². The molecule has 1 fully saturated rings. The van der Waals surface area contributed by atoms with E-state index in [2.05, 4.69) is 37.1 Å². The lowest BCUT2D eigenvalue weighted by Gasteiger charge is -2.32. The summed E-state index contributed by atoms with van der Waals surface area (Å²) in [6.07, 6.45) is 11.0. The molecule has 4 rings (SSSR count). The van der Waals surface area contributed by atoms with Gasteiger partial charge in [0.05, 0.1) is 0 Å². The Morgan fingerprint density at radius 1 is 1.18 bits per heavy atom. The summed E-state index contributed by atoms with van der Waals surface area (Å²) in [5.74, 6) is 2.45. The van der Waals surface area contributed by atoms with Gasteiger partial charge in [-0.15, -0.1) is 0 Å². The van der Waals surface area contributed by atoms with E-state index in [0.29, 0.717) is 17.4 Å². The number of hydrogen-bond acceptors (Lipinski definition) is 8. The van der Waals surface area contributed by atoms with Gasteiger partial charge in [0.25, 0.3) is 0 Å². The van der Waals surface area contributed by atoms with Crippen LogP contribution in [0.4, 0.5) is 11.9 Å². The molecule has 148 valence electrons. The molecule has 1 N–H and O–H groups in total. The molecule has 2 aliphatic heterocycles. The first kappa shape index (κ1) is 18.6. The Labute approximate surface area is 164 Å². The van der Waals surface area contributed by atoms with Gasteiger partial charge in [0.1, 0.15) is 5.56 Å². The zero-order valence-electron chi connectivity index (χ0n) is 16.2. The highest BCUT2D eigenvalue weighted by Gasteiger charge is 2.24. The van der Waals surface area contributed by atoms with Crippen LogP contribution >= 0.6 is 0 Å². The Kier molecular flexibility index (Phi) is 5.64. The molecule has 0 bridgehead atoms. The number of aryl methyl sites for hydroxylation is 1. The largest absolute Gasteiger partial charge is 0.469 e. The number of hydrogen-bond donors (Lipinski definition) is 1. The zero-order chi connectivity index (χ0) is 19.3. The molecule has 28 heavy (non-hydrogen) atoms. The van der Waals surface area contributed by atoms with Crippen LogP contribution in [0.15, 0.2) is 18.6 Å². The third-order valence-corrected chi connectivity index (χ3v) is 5.46. The first-order chi connectivity index (χ1) is 13.7. The lowest BCUT2D eigenvalue weighted by molar-refractivity contribution is 0.0960. The predicted molar refractivity (Wildman–Crippen MR) is 106 cm³/mol. The molecule has 4 heterocycles. The summed E-state index contributed by atoms with van der Waals surface area (Å²) in [5, 5.41) is 3.23. The van der Waals surface area contributed by atoms with Gasteiger partial charge < -0.3 is 15.0 Å². The van der Waals surface area contributed by atoms with Gasteiger partial charge in [-0.1, -0.05) is 6.92 Å². The van der Waals surface area contributed by atoms with E-state index in [1.54, 1.807) is 6.20 Å².